The molecule has 0 aliphatic heterocycles. The molecule has 8 rings (SSSR count). The Labute approximate surface area is 254 Å². The molecule has 8 aromatic rings. The standard InChI is InChI=1S/C39H25O4P/c40-39(28-18-8-3-9-19-28)43-44-41-37-33(26-14-4-1-5-15-26)24-29-20-10-12-22-31(29)35(37)36-32-23-13-11-21-30(32)25-34(38(36)42-44)27-16-6-2-7-17-27/h1-25H. The van der Waals surface area contributed by atoms with E-state index in [-0.39, 0.29) is 0 Å². The van der Waals surface area contributed by atoms with Gasteiger partial charge in [-0.15, -0.1) is 0 Å². The second kappa shape index (κ2) is 10.9. The number of carbonyl (C=O) groups is 1. The SMILES string of the molecule is O=C(Op1oc2c(-c3ccccc3)cc3ccccc3c2c2c(o1)c(-c1ccccc1)cc1ccccc12)c1ccccc1. The fraction of sp³-hybridized carbons (Fsp3) is 0. The van der Waals surface area contributed by atoms with Crippen LogP contribution in [0.1, 0.15) is 10.4 Å². The lowest BCUT2D eigenvalue weighted by Crippen LogP contribution is -2.05. The smallest absolute Gasteiger partial charge is 0.389 e. The summed E-state index contributed by atoms with van der Waals surface area (Å²) in [6, 6.07) is 50.2. The van der Waals surface area contributed by atoms with Crippen molar-refractivity contribution in [1.82, 2.24) is 0 Å². The highest BCUT2D eigenvalue weighted by atomic mass is 31.1. The molecule has 0 N–H and O–H groups in total. The van der Waals surface area contributed by atoms with Crippen molar-refractivity contribution in [3.8, 4) is 22.3 Å². The predicted octanol–water partition coefficient (Wildman–Crippen LogP) is 11.2. The van der Waals surface area contributed by atoms with Crippen LogP contribution in [0.2, 0.25) is 0 Å². The van der Waals surface area contributed by atoms with E-state index in [2.05, 4.69) is 60.7 Å². The number of hydrogen-bond acceptors (Lipinski definition) is 4. The molecule has 1 aromatic heterocycles. The number of hydrogen-bond donors (Lipinski definition) is 0. The van der Waals surface area contributed by atoms with Crippen LogP contribution < -0.4 is 4.52 Å². The zero-order valence-corrected chi connectivity index (χ0v) is 24.4. The molecule has 0 radical (unpaired) electrons. The van der Waals surface area contributed by atoms with Gasteiger partial charge >= 0.3 is 14.2 Å². The minimum atomic E-state index is -2.21. The summed E-state index contributed by atoms with van der Waals surface area (Å²) in [5, 5.41) is 6.00. The average molecular weight is 589 g/mol. The van der Waals surface area contributed by atoms with E-state index in [0.717, 1.165) is 54.6 Å². The third-order valence-electron chi connectivity index (χ3n) is 7.92. The molecule has 0 fully saturated rings. The maximum atomic E-state index is 13.4. The predicted molar refractivity (Wildman–Crippen MR) is 180 cm³/mol. The summed E-state index contributed by atoms with van der Waals surface area (Å²) in [7, 11) is -2.21. The molecule has 0 amide bonds. The van der Waals surface area contributed by atoms with E-state index >= 15 is 0 Å². The molecule has 44 heavy (non-hydrogen) atoms. The van der Waals surface area contributed by atoms with Crippen molar-refractivity contribution in [2.75, 3.05) is 0 Å². The highest BCUT2D eigenvalue weighted by Crippen LogP contribution is 2.47. The van der Waals surface area contributed by atoms with E-state index in [1.54, 1.807) is 12.1 Å². The first-order chi connectivity index (χ1) is 21.7. The van der Waals surface area contributed by atoms with Crippen molar-refractivity contribution in [2.24, 2.45) is 0 Å². The zero-order valence-electron chi connectivity index (χ0n) is 23.5. The van der Waals surface area contributed by atoms with Crippen LogP contribution in [0.4, 0.5) is 0 Å². The highest BCUT2D eigenvalue weighted by Gasteiger charge is 2.22. The molecular weight excluding hydrogens is 563 g/mol. The minimum Gasteiger partial charge on any atom is -0.389 e. The van der Waals surface area contributed by atoms with E-state index in [4.69, 9.17) is 12.9 Å². The van der Waals surface area contributed by atoms with Gasteiger partial charge in [0.05, 0.1) is 5.56 Å². The molecule has 0 unspecified atom stereocenters. The van der Waals surface area contributed by atoms with Gasteiger partial charge < -0.3 is 12.9 Å². The van der Waals surface area contributed by atoms with Gasteiger partial charge in [-0.3, -0.25) is 0 Å². The minimum absolute atomic E-state index is 0.426. The largest absolute Gasteiger partial charge is 0.456 e. The van der Waals surface area contributed by atoms with Crippen molar-refractivity contribution >= 4 is 57.7 Å². The van der Waals surface area contributed by atoms with Gasteiger partial charge in [-0.25, -0.2) is 4.79 Å². The van der Waals surface area contributed by atoms with Gasteiger partial charge in [0.15, 0.2) is 11.2 Å². The van der Waals surface area contributed by atoms with Crippen molar-refractivity contribution in [3.63, 3.8) is 0 Å². The Balaban J connectivity index is 1.61. The molecule has 7 aromatic carbocycles. The van der Waals surface area contributed by atoms with Gasteiger partial charge in [0.2, 0.25) is 0 Å². The van der Waals surface area contributed by atoms with Gasteiger partial charge in [0, 0.05) is 21.9 Å². The van der Waals surface area contributed by atoms with Crippen molar-refractivity contribution < 1.29 is 17.7 Å². The number of benzene rings is 7. The Hall–Kier alpha value is -5.57. The van der Waals surface area contributed by atoms with Crippen LogP contribution in [-0.2, 0) is 0 Å². The lowest BCUT2D eigenvalue weighted by Gasteiger charge is -2.12. The van der Waals surface area contributed by atoms with Crippen LogP contribution in [0, 0.1) is 0 Å². The average Bonchev–Trinajstić information content (AvgIpc) is 3.26. The van der Waals surface area contributed by atoms with Gasteiger partial charge in [0.25, 0.3) is 0 Å². The molecule has 210 valence electrons. The maximum Gasteiger partial charge on any atom is 0.456 e. The van der Waals surface area contributed by atoms with Gasteiger partial charge in [0.1, 0.15) is 0 Å². The molecule has 0 saturated carbocycles. The lowest BCUT2D eigenvalue weighted by atomic mass is 9.91. The normalized spacial score (nSPS) is 11.3. The highest BCUT2D eigenvalue weighted by molar-refractivity contribution is 7.32. The Morgan fingerprint density at radius 1 is 0.500 bits per heavy atom. The third-order valence-corrected chi connectivity index (χ3v) is 8.90. The van der Waals surface area contributed by atoms with E-state index < -0.39 is 14.2 Å². The summed E-state index contributed by atoms with van der Waals surface area (Å²) in [6.07, 6.45) is 0. The van der Waals surface area contributed by atoms with Gasteiger partial charge in [-0.2, -0.15) is 0 Å². The third kappa shape index (κ3) is 4.53. The summed E-state index contributed by atoms with van der Waals surface area (Å²) >= 11 is 0. The molecule has 0 bridgehead atoms. The lowest BCUT2D eigenvalue weighted by molar-refractivity contribution is 0.0791. The molecule has 0 aliphatic carbocycles. The Morgan fingerprint density at radius 3 is 1.39 bits per heavy atom. The molecule has 1 heterocycles. The van der Waals surface area contributed by atoms with Gasteiger partial charge in [-0.05, 0) is 56.9 Å². The molecule has 0 aliphatic rings. The van der Waals surface area contributed by atoms with Crippen molar-refractivity contribution in [3.05, 3.63) is 157 Å². The Morgan fingerprint density at radius 2 is 0.909 bits per heavy atom. The number of rotatable bonds is 4. The molecule has 0 atom stereocenters. The fourth-order valence-corrected chi connectivity index (χ4v) is 6.94. The first-order valence-corrected chi connectivity index (χ1v) is 15.5. The van der Waals surface area contributed by atoms with E-state index in [9.17, 15) is 4.79 Å². The number of fused-ring (bicyclic) bond motifs is 7. The zero-order chi connectivity index (χ0) is 29.5. The second-order valence-electron chi connectivity index (χ2n) is 10.6. The molecule has 0 spiro atoms. The van der Waals surface area contributed by atoms with Crippen LogP contribution in [0.15, 0.2) is 160 Å². The monoisotopic (exact) mass is 588 g/mol. The summed E-state index contributed by atoms with van der Waals surface area (Å²) in [5.41, 5.74) is 5.44. The first kappa shape index (κ1) is 26.1. The second-order valence-corrected chi connectivity index (χ2v) is 11.6. The summed E-state index contributed by atoms with van der Waals surface area (Å²) in [5.74, 6) is -0.509. The molecule has 0 saturated heterocycles. The van der Waals surface area contributed by atoms with E-state index in [1.165, 1.54) is 0 Å². The van der Waals surface area contributed by atoms with Crippen LogP contribution in [0.25, 0.3) is 65.7 Å². The summed E-state index contributed by atoms with van der Waals surface area (Å²) < 4.78 is 19.6. The van der Waals surface area contributed by atoms with E-state index in [0.29, 0.717) is 16.7 Å². The van der Waals surface area contributed by atoms with Crippen molar-refractivity contribution in [2.45, 2.75) is 0 Å². The first-order valence-electron chi connectivity index (χ1n) is 14.4. The Bertz CT molecular complexity index is 2220. The van der Waals surface area contributed by atoms with Crippen LogP contribution in [0.5, 0.6) is 0 Å². The summed E-state index contributed by atoms with van der Waals surface area (Å²) in [6.45, 7) is 0. The summed E-state index contributed by atoms with van der Waals surface area (Å²) in [4.78, 5) is 13.4. The molecule has 5 heteroatoms. The quantitative estimate of drug-likeness (QED) is 0.205. The molecular formula is C39H25O4P. The molecule has 4 nitrogen and oxygen atoms in total. The van der Waals surface area contributed by atoms with Crippen LogP contribution >= 0.6 is 8.24 Å². The van der Waals surface area contributed by atoms with Crippen LogP contribution in [0.3, 0.4) is 0 Å². The van der Waals surface area contributed by atoms with E-state index in [1.807, 2.05) is 78.9 Å². The Kier molecular flexibility index (Phi) is 6.48. The topological polar surface area (TPSA) is 52.6 Å². The van der Waals surface area contributed by atoms with Crippen LogP contribution in [-0.4, -0.2) is 5.97 Å². The van der Waals surface area contributed by atoms with Gasteiger partial charge in [-0.1, -0.05) is 127 Å². The maximum absolute atomic E-state index is 13.4. The fourth-order valence-electron chi connectivity index (χ4n) is 5.91. The van der Waals surface area contributed by atoms with Crippen molar-refractivity contribution in [1.29, 1.82) is 0 Å². The number of carbonyl (C=O) groups excluding carboxylic acids is 1.